The number of aliphatic hydroxyl groups is 2. The summed E-state index contributed by atoms with van der Waals surface area (Å²) in [7, 11) is 0. The second kappa shape index (κ2) is 5.41. The first-order chi connectivity index (χ1) is 11.3. The fourth-order valence-electron chi connectivity index (χ4n) is 7.52. The summed E-state index contributed by atoms with van der Waals surface area (Å²) in [6, 6.07) is 0. The predicted octanol–water partition coefficient (Wildman–Crippen LogP) is 3.49. The minimum absolute atomic E-state index is 0.000487. The molecule has 0 bridgehead atoms. The van der Waals surface area contributed by atoms with Crippen LogP contribution in [0.15, 0.2) is 11.6 Å². The SMILES string of the molecule is CC(O)[C@H]1CC[C@H]2[C@@H]3CCC4=CC(=O)CC[C@]4(C)[C@H]3C(O)C[C@]12C. The Kier molecular flexibility index (Phi) is 3.78. The van der Waals surface area contributed by atoms with Crippen LogP contribution in [0.3, 0.4) is 0 Å². The van der Waals surface area contributed by atoms with Crippen molar-refractivity contribution < 1.29 is 15.0 Å². The quantitative estimate of drug-likeness (QED) is 0.773. The Labute approximate surface area is 145 Å². The lowest BCUT2D eigenvalue weighted by Gasteiger charge is -2.60. The lowest BCUT2D eigenvalue weighted by Crippen LogP contribution is -2.57. The third-order valence-electron chi connectivity index (χ3n) is 8.55. The lowest BCUT2D eigenvalue weighted by atomic mass is 9.46. The summed E-state index contributed by atoms with van der Waals surface area (Å²) in [6.07, 6.45) is 8.04. The predicted molar refractivity (Wildman–Crippen MR) is 93.3 cm³/mol. The first-order valence-corrected chi connectivity index (χ1v) is 9.87. The summed E-state index contributed by atoms with van der Waals surface area (Å²) in [4.78, 5) is 11.9. The lowest BCUT2D eigenvalue weighted by molar-refractivity contribution is -0.140. The number of rotatable bonds is 1. The first-order valence-electron chi connectivity index (χ1n) is 9.87. The summed E-state index contributed by atoms with van der Waals surface area (Å²) < 4.78 is 0. The molecule has 0 aliphatic heterocycles. The molecule has 4 aliphatic carbocycles. The number of carbonyl (C=O) groups is 1. The maximum absolute atomic E-state index is 11.9. The molecule has 0 aromatic carbocycles. The molecule has 2 N–H and O–H groups in total. The molecular weight excluding hydrogens is 300 g/mol. The summed E-state index contributed by atoms with van der Waals surface area (Å²) in [5.74, 6) is 2.03. The summed E-state index contributed by atoms with van der Waals surface area (Å²) >= 11 is 0. The summed E-state index contributed by atoms with van der Waals surface area (Å²) in [6.45, 7) is 6.54. The standard InChI is InChI=1S/C21H32O3/c1-12(22)16-6-7-17-15-5-4-13-10-14(23)8-9-20(13,2)19(15)18(24)11-21(16,17)3/h10,12,15-19,22,24H,4-9,11H2,1-3H3/t12?,15-,16+,17-,18?,19+,20-,21+/m0/s1. The number of carbonyl (C=O) groups excluding carboxylic acids is 1. The maximum atomic E-state index is 11.9. The van der Waals surface area contributed by atoms with Crippen LogP contribution in [0.2, 0.25) is 0 Å². The number of aliphatic hydroxyl groups excluding tert-OH is 2. The molecule has 3 fully saturated rings. The molecule has 0 spiro atoms. The van der Waals surface area contributed by atoms with Crippen molar-refractivity contribution in [3.63, 3.8) is 0 Å². The van der Waals surface area contributed by atoms with Crippen molar-refractivity contribution in [2.45, 2.75) is 77.9 Å². The van der Waals surface area contributed by atoms with Crippen molar-refractivity contribution in [1.82, 2.24) is 0 Å². The van der Waals surface area contributed by atoms with E-state index in [9.17, 15) is 15.0 Å². The van der Waals surface area contributed by atoms with Crippen LogP contribution in [0.25, 0.3) is 0 Å². The normalized spacial score (nSPS) is 52.1. The van der Waals surface area contributed by atoms with Crippen molar-refractivity contribution in [1.29, 1.82) is 0 Å². The van der Waals surface area contributed by atoms with E-state index in [1.54, 1.807) is 0 Å². The molecule has 2 unspecified atom stereocenters. The van der Waals surface area contributed by atoms with E-state index in [1.165, 1.54) is 12.0 Å². The van der Waals surface area contributed by atoms with Crippen LogP contribution < -0.4 is 0 Å². The molecule has 0 radical (unpaired) electrons. The molecule has 4 aliphatic rings. The largest absolute Gasteiger partial charge is 0.393 e. The van der Waals surface area contributed by atoms with Crippen molar-refractivity contribution in [3.05, 3.63) is 11.6 Å². The van der Waals surface area contributed by atoms with Gasteiger partial charge in [-0.05, 0) is 86.0 Å². The Morgan fingerprint density at radius 2 is 1.96 bits per heavy atom. The monoisotopic (exact) mass is 332 g/mol. The third-order valence-corrected chi connectivity index (χ3v) is 8.55. The number of hydrogen-bond donors (Lipinski definition) is 2. The summed E-state index contributed by atoms with van der Waals surface area (Å²) in [5.41, 5.74) is 1.37. The second-order valence-electron chi connectivity index (χ2n) is 9.59. The van der Waals surface area contributed by atoms with E-state index in [-0.39, 0.29) is 34.7 Å². The molecule has 3 saturated carbocycles. The van der Waals surface area contributed by atoms with Gasteiger partial charge in [0, 0.05) is 6.42 Å². The molecule has 134 valence electrons. The van der Waals surface area contributed by atoms with E-state index < -0.39 is 0 Å². The van der Waals surface area contributed by atoms with Gasteiger partial charge in [0.25, 0.3) is 0 Å². The fourth-order valence-corrected chi connectivity index (χ4v) is 7.52. The zero-order valence-corrected chi connectivity index (χ0v) is 15.3. The van der Waals surface area contributed by atoms with Gasteiger partial charge in [-0.15, -0.1) is 0 Å². The van der Waals surface area contributed by atoms with Gasteiger partial charge in [-0.1, -0.05) is 19.4 Å². The van der Waals surface area contributed by atoms with Gasteiger partial charge in [-0.2, -0.15) is 0 Å². The molecule has 24 heavy (non-hydrogen) atoms. The van der Waals surface area contributed by atoms with Crippen LogP contribution in [0, 0.1) is 34.5 Å². The highest BCUT2D eigenvalue weighted by molar-refractivity contribution is 5.91. The highest BCUT2D eigenvalue weighted by Gasteiger charge is 2.62. The highest BCUT2D eigenvalue weighted by atomic mass is 16.3. The first kappa shape index (κ1) is 16.8. The summed E-state index contributed by atoms with van der Waals surface area (Å²) in [5, 5.41) is 21.5. The van der Waals surface area contributed by atoms with E-state index in [0.29, 0.717) is 24.2 Å². The topological polar surface area (TPSA) is 57.5 Å². The van der Waals surface area contributed by atoms with E-state index in [0.717, 1.165) is 32.1 Å². The van der Waals surface area contributed by atoms with Crippen LogP contribution in [-0.2, 0) is 4.79 Å². The van der Waals surface area contributed by atoms with E-state index in [2.05, 4.69) is 13.8 Å². The number of fused-ring (bicyclic) bond motifs is 5. The van der Waals surface area contributed by atoms with Gasteiger partial charge in [-0.25, -0.2) is 0 Å². The van der Waals surface area contributed by atoms with Crippen LogP contribution in [-0.4, -0.2) is 28.2 Å². The average molecular weight is 332 g/mol. The number of allylic oxidation sites excluding steroid dienone is 1. The molecule has 0 aromatic rings. The van der Waals surface area contributed by atoms with Gasteiger partial charge in [0.15, 0.2) is 5.78 Å². The molecule has 4 rings (SSSR count). The van der Waals surface area contributed by atoms with Crippen LogP contribution in [0.4, 0.5) is 0 Å². The Morgan fingerprint density at radius 1 is 1.21 bits per heavy atom. The molecule has 3 nitrogen and oxygen atoms in total. The van der Waals surface area contributed by atoms with Gasteiger partial charge in [0.2, 0.25) is 0 Å². The fraction of sp³-hybridized carbons (Fsp3) is 0.857. The number of ketones is 1. The van der Waals surface area contributed by atoms with Gasteiger partial charge in [-0.3, -0.25) is 4.79 Å². The molecule has 0 heterocycles. The van der Waals surface area contributed by atoms with Gasteiger partial charge in [0.1, 0.15) is 0 Å². The maximum Gasteiger partial charge on any atom is 0.155 e. The molecule has 3 heteroatoms. The van der Waals surface area contributed by atoms with Crippen LogP contribution in [0.5, 0.6) is 0 Å². The van der Waals surface area contributed by atoms with Crippen molar-refractivity contribution in [2.24, 2.45) is 34.5 Å². The van der Waals surface area contributed by atoms with Crippen molar-refractivity contribution in [3.8, 4) is 0 Å². The molecule has 8 atom stereocenters. The van der Waals surface area contributed by atoms with Gasteiger partial charge in [0.05, 0.1) is 12.2 Å². The highest BCUT2D eigenvalue weighted by Crippen LogP contribution is 2.66. The van der Waals surface area contributed by atoms with Crippen molar-refractivity contribution >= 4 is 5.78 Å². The van der Waals surface area contributed by atoms with Crippen LogP contribution in [0.1, 0.15) is 65.7 Å². The van der Waals surface area contributed by atoms with E-state index in [4.69, 9.17) is 0 Å². The zero-order valence-electron chi connectivity index (χ0n) is 15.3. The van der Waals surface area contributed by atoms with E-state index in [1.807, 2.05) is 13.0 Å². The Bertz CT molecular complexity index is 580. The van der Waals surface area contributed by atoms with Crippen LogP contribution >= 0.6 is 0 Å². The molecule has 0 aromatic heterocycles. The molecule has 0 saturated heterocycles. The second-order valence-corrected chi connectivity index (χ2v) is 9.59. The number of hydrogen-bond acceptors (Lipinski definition) is 3. The van der Waals surface area contributed by atoms with Crippen molar-refractivity contribution in [2.75, 3.05) is 0 Å². The minimum atomic E-state index is -0.308. The Morgan fingerprint density at radius 3 is 2.67 bits per heavy atom. The van der Waals surface area contributed by atoms with Gasteiger partial charge < -0.3 is 10.2 Å². The zero-order chi connectivity index (χ0) is 17.3. The minimum Gasteiger partial charge on any atom is -0.393 e. The van der Waals surface area contributed by atoms with E-state index >= 15 is 0 Å². The Hall–Kier alpha value is -0.670. The smallest absolute Gasteiger partial charge is 0.155 e. The van der Waals surface area contributed by atoms with Gasteiger partial charge >= 0.3 is 0 Å². The average Bonchev–Trinajstić information content (AvgIpc) is 2.84. The molecule has 0 amide bonds. The molecular formula is C21H32O3. The third kappa shape index (κ3) is 2.13. The Balaban J connectivity index is 1.71.